The number of carboxylic acid groups (broad SMARTS) is 1. The van der Waals surface area contributed by atoms with Crippen LogP contribution in [-0.4, -0.2) is 16.2 Å². The molecule has 7 heteroatoms. The van der Waals surface area contributed by atoms with Crippen LogP contribution in [0.3, 0.4) is 0 Å². The van der Waals surface area contributed by atoms with Gasteiger partial charge < -0.3 is 10.2 Å². The highest BCUT2D eigenvalue weighted by Crippen LogP contribution is 2.40. The maximum absolute atomic E-state index is 13.2. The highest BCUT2D eigenvalue weighted by Gasteiger charge is 2.28. The Morgan fingerprint density at radius 2 is 1.94 bits per heavy atom. The van der Waals surface area contributed by atoms with Gasteiger partial charge in [0.05, 0.1) is 12.2 Å². The minimum atomic E-state index is -1.92. The number of hydrogen-bond acceptors (Lipinski definition) is 2. The molecule has 16 heavy (non-hydrogen) atoms. The molecular formula is C9H6Cl3FO3. The van der Waals surface area contributed by atoms with Crippen LogP contribution in [0.15, 0.2) is 12.1 Å². The van der Waals surface area contributed by atoms with Gasteiger partial charge in [0, 0.05) is 5.56 Å². The number of carboxylic acids is 1. The van der Waals surface area contributed by atoms with Gasteiger partial charge in [0.25, 0.3) is 0 Å². The molecule has 1 aromatic rings. The Morgan fingerprint density at radius 3 is 2.31 bits per heavy atom. The highest BCUT2D eigenvalue weighted by atomic mass is 35.6. The summed E-state index contributed by atoms with van der Waals surface area (Å²) in [6.07, 6.45) is 0. The van der Waals surface area contributed by atoms with Crippen molar-refractivity contribution in [3.63, 3.8) is 0 Å². The molecule has 0 spiro atoms. The minimum Gasteiger partial charge on any atom is -0.478 e. The summed E-state index contributed by atoms with van der Waals surface area (Å²) in [6, 6.07) is 1.73. The number of rotatable bonds is 2. The van der Waals surface area contributed by atoms with Gasteiger partial charge in [0.2, 0.25) is 3.79 Å². The van der Waals surface area contributed by atoms with Crippen molar-refractivity contribution in [2.75, 3.05) is 0 Å². The van der Waals surface area contributed by atoms with E-state index in [0.29, 0.717) is 0 Å². The van der Waals surface area contributed by atoms with Crippen LogP contribution in [0.5, 0.6) is 0 Å². The largest absolute Gasteiger partial charge is 0.478 e. The Hall–Kier alpha value is -0.550. The molecule has 2 N–H and O–H groups in total. The number of aliphatic hydroxyl groups excluding tert-OH is 1. The molecule has 0 bridgehead atoms. The van der Waals surface area contributed by atoms with Crippen molar-refractivity contribution in [2.24, 2.45) is 0 Å². The van der Waals surface area contributed by atoms with Crippen LogP contribution in [0.1, 0.15) is 21.5 Å². The number of hydrogen-bond donors (Lipinski definition) is 2. The maximum atomic E-state index is 13.2. The summed E-state index contributed by atoms with van der Waals surface area (Å²) in [6.45, 7) is -0.555. The predicted octanol–water partition coefficient (Wildman–Crippen LogP) is 2.84. The van der Waals surface area contributed by atoms with Crippen molar-refractivity contribution >= 4 is 40.8 Å². The third-order valence-electron chi connectivity index (χ3n) is 1.90. The van der Waals surface area contributed by atoms with Crippen molar-refractivity contribution in [1.29, 1.82) is 0 Å². The molecule has 0 aliphatic heterocycles. The SMILES string of the molecule is O=C(O)c1cc(C(Cl)(Cl)Cl)c(CO)cc1F. The fraction of sp³-hybridized carbons (Fsp3) is 0.222. The molecule has 0 saturated carbocycles. The highest BCUT2D eigenvalue weighted by molar-refractivity contribution is 6.66. The van der Waals surface area contributed by atoms with Crippen molar-refractivity contribution in [3.8, 4) is 0 Å². The van der Waals surface area contributed by atoms with Gasteiger partial charge in [0.1, 0.15) is 5.82 Å². The Morgan fingerprint density at radius 1 is 1.38 bits per heavy atom. The Labute approximate surface area is 105 Å². The van der Waals surface area contributed by atoms with E-state index in [1.54, 1.807) is 0 Å². The van der Waals surface area contributed by atoms with Gasteiger partial charge in [-0.05, 0) is 17.7 Å². The van der Waals surface area contributed by atoms with Crippen LogP contribution in [0, 0.1) is 5.82 Å². The lowest BCUT2D eigenvalue weighted by Crippen LogP contribution is -2.10. The first kappa shape index (κ1) is 13.5. The first-order valence-corrected chi connectivity index (χ1v) is 5.14. The molecule has 0 heterocycles. The average molecular weight is 288 g/mol. The summed E-state index contributed by atoms with van der Waals surface area (Å²) in [4.78, 5) is 10.7. The summed E-state index contributed by atoms with van der Waals surface area (Å²) in [5.41, 5.74) is -0.639. The van der Waals surface area contributed by atoms with E-state index in [0.717, 1.165) is 12.1 Å². The normalized spacial score (nSPS) is 11.6. The van der Waals surface area contributed by atoms with Gasteiger partial charge in [0.15, 0.2) is 0 Å². The minimum absolute atomic E-state index is 0.0301. The number of alkyl halides is 3. The van der Waals surface area contributed by atoms with Crippen molar-refractivity contribution in [1.82, 2.24) is 0 Å². The Balaban J connectivity index is 3.47. The zero-order valence-corrected chi connectivity index (χ0v) is 9.94. The fourth-order valence-corrected chi connectivity index (χ4v) is 1.70. The molecule has 0 saturated heterocycles. The lowest BCUT2D eigenvalue weighted by Gasteiger charge is -2.16. The topological polar surface area (TPSA) is 57.5 Å². The van der Waals surface area contributed by atoms with Crippen LogP contribution in [0.25, 0.3) is 0 Å². The number of halogens is 4. The van der Waals surface area contributed by atoms with E-state index < -0.39 is 27.7 Å². The third-order valence-corrected chi connectivity index (χ3v) is 2.51. The molecule has 0 aromatic heterocycles. The second-order valence-corrected chi connectivity index (χ2v) is 5.23. The standard InChI is InChI=1S/C9H6Cl3FO3/c10-9(11,12)6-2-5(8(15)16)7(13)1-4(6)3-14/h1-2,14H,3H2,(H,15,16). The van der Waals surface area contributed by atoms with Gasteiger partial charge in [-0.15, -0.1) is 0 Å². The Bertz CT molecular complexity index is 429. The quantitative estimate of drug-likeness (QED) is 0.822. The summed E-state index contributed by atoms with van der Waals surface area (Å²) in [5.74, 6) is -2.47. The number of benzene rings is 1. The molecular weight excluding hydrogens is 281 g/mol. The fourth-order valence-electron chi connectivity index (χ4n) is 1.17. The molecule has 0 fully saturated rings. The van der Waals surface area contributed by atoms with E-state index in [2.05, 4.69) is 0 Å². The molecule has 0 radical (unpaired) electrons. The van der Waals surface area contributed by atoms with E-state index in [1.165, 1.54) is 0 Å². The molecule has 0 unspecified atom stereocenters. The molecule has 1 rings (SSSR count). The summed E-state index contributed by atoms with van der Waals surface area (Å²) >= 11 is 16.7. The molecule has 0 atom stereocenters. The Kier molecular flexibility index (Phi) is 4.02. The van der Waals surface area contributed by atoms with E-state index in [4.69, 9.17) is 45.0 Å². The lowest BCUT2D eigenvalue weighted by molar-refractivity contribution is 0.0691. The van der Waals surface area contributed by atoms with Gasteiger partial charge >= 0.3 is 5.97 Å². The number of aromatic carboxylic acids is 1. The van der Waals surface area contributed by atoms with Crippen LogP contribution in [-0.2, 0) is 10.4 Å². The van der Waals surface area contributed by atoms with Crippen LogP contribution in [0.2, 0.25) is 0 Å². The monoisotopic (exact) mass is 286 g/mol. The van der Waals surface area contributed by atoms with Gasteiger partial charge in [-0.2, -0.15) is 0 Å². The summed E-state index contributed by atoms with van der Waals surface area (Å²) < 4.78 is 11.3. The first-order chi connectivity index (χ1) is 7.27. The van der Waals surface area contributed by atoms with Gasteiger partial charge in [-0.25, -0.2) is 9.18 Å². The van der Waals surface area contributed by atoms with Crippen LogP contribution in [0.4, 0.5) is 4.39 Å². The summed E-state index contributed by atoms with van der Waals surface area (Å²) in [5, 5.41) is 17.6. The van der Waals surface area contributed by atoms with E-state index in [9.17, 15) is 9.18 Å². The van der Waals surface area contributed by atoms with E-state index in [1.807, 2.05) is 0 Å². The third kappa shape index (κ3) is 2.77. The maximum Gasteiger partial charge on any atom is 0.338 e. The van der Waals surface area contributed by atoms with Crippen molar-refractivity contribution in [3.05, 3.63) is 34.6 Å². The second-order valence-electron chi connectivity index (χ2n) is 2.95. The number of aliphatic hydroxyl groups is 1. The van der Waals surface area contributed by atoms with Gasteiger partial charge in [-0.3, -0.25) is 0 Å². The average Bonchev–Trinajstić information content (AvgIpc) is 2.14. The zero-order valence-electron chi connectivity index (χ0n) is 7.68. The first-order valence-electron chi connectivity index (χ1n) is 4.01. The van der Waals surface area contributed by atoms with Crippen molar-refractivity contribution < 1.29 is 19.4 Å². The molecule has 1 aromatic carbocycles. The molecule has 88 valence electrons. The van der Waals surface area contributed by atoms with Crippen LogP contribution >= 0.6 is 34.8 Å². The predicted molar refractivity (Wildman–Crippen MR) is 58.5 cm³/mol. The van der Waals surface area contributed by atoms with E-state index in [-0.39, 0.29) is 11.1 Å². The molecule has 0 aliphatic rings. The lowest BCUT2D eigenvalue weighted by atomic mass is 10.0. The molecule has 0 aliphatic carbocycles. The summed E-state index contributed by atoms with van der Waals surface area (Å²) in [7, 11) is 0. The zero-order chi connectivity index (χ0) is 12.5. The van der Waals surface area contributed by atoms with Gasteiger partial charge in [-0.1, -0.05) is 34.8 Å². The van der Waals surface area contributed by atoms with Crippen LogP contribution < -0.4 is 0 Å². The molecule has 0 amide bonds. The molecule has 3 nitrogen and oxygen atoms in total. The second kappa shape index (κ2) is 4.75. The van der Waals surface area contributed by atoms with Crippen molar-refractivity contribution in [2.45, 2.75) is 10.4 Å². The smallest absolute Gasteiger partial charge is 0.338 e. The van der Waals surface area contributed by atoms with E-state index >= 15 is 0 Å². The number of carbonyl (C=O) groups is 1.